The van der Waals surface area contributed by atoms with Crippen molar-refractivity contribution >= 4 is 32.9 Å². The van der Waals surface area contributed by atoms with E-state index in [-0.39, 0.29) is 12.4 Å². The number of fused-ring (bicyclic) bond motifs is 1. The lowest BCUT2D eigenvalue weighted by Crippen LogP contribution is -2.09. The molecule has 0 bridgehead atoms. The molecule has 136 valence electrons. The van der Waals surface area contributed by atoms with Gasteiger partial charge >= 0.3 is 5.97 Å². The van der Waals surface area contributed by atoms with Crippen LogP contribution in [0.25, 0.3) is 11.0 Å². The fourth-order valence-corrected chi connectivity index (χ4v) is 3.38. The number of furan rings is 1. The molecule has 0 saturated heterocycles. The maximum atomic E-state index is 11.8. The van der Waals surface area contributed by atoms with Gasteiger partial charge in [0.25, 0.3) is 0 Å². The Morgan fingerprint density at radius 2 is 2.00 bits per heavy atom. The van der Waals surface area contributed by atoms with Crippen LogP contribution in [0, 0.1) is 0 Å². The third-order valence-electron chi connectivity index (χ3n) is 3.92. The number of para-hydroxylation sites is 1. The van der Waals surface area contributed by atoms with Gasteiger partial charge in [0.15, 0.2) is 5.58 Å². The lowest BCUT2D eigenvalue weighted by Gasteiger charge is -2.14. The number of rotatable bonds is 7. The van der Waals surface area contributed by atoms with Gasteiger partial charge < -0.3 is 18.6 Å². The van der Waals surface area contributed by atoms with Gasteiger partial charge in [0, 0.05) is 11.1 Å². The van der Waals surface area contributed by atoms with Gasteiger partial charge in [-0.05, 0) is 41.1 Å². The molecule has 1 heterocycles. The summed E-state index contributed by atoms with van der Waals surface area (Å²) >= 11 is 3.51. The van der Waals surface area contributed by atoms with Crippen molar-refractivity contribution in [2.75, 3.05) is 13.7 Å². The SMILES string of the molecule is CCOC(=O)Cc1ccccc1OCc1cc(Br)c2occc2c1OC. The lowest BCUT2D eigenvalue weighted by atomic mass is 10.1. The first-order valence-corrected chi connectivity index (χ1v) is 9.02. The highest BCUT2D eigenvalue weighted by Crippen LogP contribution is 2.36. The van der Waals surface area contributed by atoms with E-state index < -0.39 is 0 Å². The molecule has 5 nitrogen and oxygen atoms in total. The van der Waals surface area contributed by atoms with E-state index in [1.165, 1.54) is 0 Å². The number of halogens is 1. The van der Waals surface area contributed by atoms with Gasteiger partial charge in [-0.1, -0.05) is 18.2 Å². The number of methoxy groups -OCH3 is 1. The lowest BCUT2D eigenvalue weighted by molar-refractivity contribution is -0.142. The summed E-state index contributed by atoms with van der Waals surface area (Å²) in [5.74, 6) is 1.08. The molecule has 0 aliphatic heterocycles. The van der Waals surface area contributed by atoms with E-state index in [1.807, 2.05) is 36.4 Å². The van der Waals surface area contributed by atoms with Gasteiger partial charge in [-0.25, -0.2) is 0 Å². The molecule has 6 heteroatoms. The summed E-state index contributed by atoms with van der Waals surface area (Å²) in [6.45, 7) is 2.44. The molecule has 0 fully saturated rings. The quantitative estimate of drug-likeness (QED) is 0.511. The molecular weight excluding hydrogens is 400 g/mol. The number of carbonyl (C=O) groups excluding carboxylic acids is 1. The fraction of sp³-hybridized carbons (Fsp3) is 0.250. The van der Waals surface area contributed by atoms with Crippen molar-refractivity contribution in [2.24, 2.45) is 0 Å². The van der Waals surface area contributed by atoms with E-state index >= 15 is 0 Å². The van der Waals surface area contributed by atoms with Crippen molar-refractivity contribution in [3.05, 3.63) is 58.3 Å². The van der Waals surface area contributed by atoms with Crippen LogP contribution in [0.5, 0.6) is 11.5 Å². The van der Waals surface area contributed by atoms with E-state index in [0.717, 1.165) is 26.6 Å². The number of hydrogen-bond donors (Lipinski definition) is 0. The Labute approximate surface area is 160 Å². The summed E-state index contributed by atoms with van der Waals surface area (Å²) in [6, 6.07) is 11.2. The Kier molecular flexibility index (Phi) is 5.83. The molecule has 0 unspecified atom stereocenters. The topological polar surface area (TPSA) is 57.9 Å². The van der Waals surface area contributed by atoms with E-state index in [2.05, 4.69) is 15.9 Å². The van der Waals surface area contributed by atoms with Crippen molar-refractivity contribution in [3.63, 3.8) is 0 Å². The predicted octanol–water partition coefficient (Wildman–Crippen LogP) is 4.89. The van der Waals surface area contributed by atoms with E-state index in [9.17, 15) is 4.79 Å². The molecule has 26 heavy (non-hydrogen) atoms. The summed E-state index contributed by atoms with van der Waals surface area (Å²) in [6.07, 6.45) is 1.79. The summed E-state index contributed by atoms with van der Waals surface area (Å²) in [5.41, 5.74) is 2.39. The van der Waals surface area contributed by atoms with Crippen molar-refractivity contribution in [1.29, 1.82) is 0 Å². The van der Waals surface area contributed by atoms with Crippen LogP contribution < -0.4 is 9.47 Å². The molecule has 3 rings (SSSR count). The molecule has 0 atom stereocenters. The molecule has 0 N–H and O–H groups in total. The largest absolute Gasteiger partial charge is 0.496 e. The number of esters is 1. The Morgan fingerprint density at radius 1 is 1.19 bits per heavy atom. The van der Waals surface area contributed by atoms with Crippen molar-refractivity contribution in [2.45, 2.75) is 20.0 Å². The van der Waals surface area contributed by atoms with Crippen LogP contribution in [0.1, 0.15) is 18.1 Å². The monoisotopic (exact) mass is 418 g/mol. The normalized spacial score (nSPS) is 10.7. The third kappa shape index (κ3) is 3.85. The maximum absolute atomic E-state index is 11.8. The average Bonchev–Trinajstić information content (AvgIpc) is 3.11. The van der Waals surface area contributed by atoms with Crippen LogP contribution in [0.2, 0.25) is 0 Å². The first-order valence-electron chi connectivity index (χ1n) is 8.23. The van der Waals surface area contributed by atoms with Gasteiger partial charge in [0.1, 0.15) is 18.1 Å². The van der Waals surface area contributed by atoms with Crippen LogP contribution in [0.3, 0.4) is 0 Å². The average molecular weight is 419 g/mol. The first kappa shape index (κ1) is 18.3. The molecule has 0 radical (unpaired) electrons. The standard InChI is InChI=1S/C20H19BrO5/c1-3-24-18(22)11-13-6-4-5-7-17(13)26-12-14-10-16(21)20-15(8-9-25-20)19(14)23-2/h4-10H,3,11-12H2,1-2H3. The molecule has 0 spiro atoms. The van der Waals surface area contributed by atoms with Crippen molar-refractivity contribution < 1.29 is 23.4 Å². The second-order valence-electron chi connectivity index (χ2n) is 5.59. The Bertz CT molecular complexity index is 916. The molecular formula is C20H19BrO5. The van der Waals surface area contributed by atoms with Gasteiger partial charge in [-0.15, -0.1) is 0 Å². The molecule has 3 aromatic rings. The van der Waals surface area contributed by atoms with Gasteiger partial charge in [0.05, 0.1) is 36.3 Å². The van der Waals surface area contributed by atoms with Crippen LogP contribution in [0.4, 0.5) is 0 Å². The summed E-state index contributed by atoms with van der Waals surface area (Å²) < 4.78 is 22.9. The zero-order valence-electron chi connectivity index (χ0n) is 14.6. The fourth-order valence-electron chi connectivity index (χ4n) is 2.79. The summed E-state index contributed by atoms with van der Waals surface area (Å²) in [5, 5.41) is 0.875. The second kappa shape index (κ2) is 8.27. The third-order valence-corrected chi connectivity index (χ3v) is 4.51. The van der Waals surface area contributed by atoms with E-state index in [0.29, 0.717) is 24.7 Å². The maximum Gasteiger partial charge on any atom is 0.310 e. The Morgan fingerprint density at radius 3 is 2.77 bits per heavy atom. The van der Waals surface area contributed by atoms with Crippen LogP contribution in [-0.2, 0) is 22.6 Å². The van der Waals surface area contributed by atoms with Crippen LogP contribution >= 0.6 is 15.9 Å². The van der Waals surface area contributed by atoms with Crippen molar-refractivity contribution in [1.82, 2.24) is 0 Å². The molecule has 0 aliphatic rings. The minimum atomic E-state index is -0.274. The summed E-state index contributed by atoms with van der Waals surface area (Å²) in [7, 11) is 1.62. The van der Waals surface area contributed by atoms with E-state index in [4.69, 9.17) is 18.6 Å². The molecule has 0 aliphatic carbocycles. The van der Waals surface area contributed by atoms with Gasteiger partial charge in [0.2, 0.25) is 0 Å². The van der Waals surface area contributed by atoms with E-state index in [1.54, 1.807) is 20.3 Å². The highest BCUT2D eigenvalue weighted by molar-refractivity contribution is 9.10. The first-order chi connectivity index (χ1) is 12.6. The van der Waals surface area contributed by atoms with Crippen LogP contribution in [0.15, 0.2) is 51.6 Å². The second-order valence-corrected chi connectivity index (χ2v) is 6.45. The molecule has 0 amide bonds. The zero-order valence-corrected chi connectivity index (χ0v) is 16.2. The zero-order chi connectivity index (χ0) is 18.5. The molecule has 2 aromatic carbocycles. The number of hydrogen-bond acceptors (Lipinski definition) is 5. The van der Waals surface area contributed by atoms with Gasteiger partial charge in [-0.2, -0.15) is 0 Å². The predicted molar refractivity (Wildman–Crippen MR) is 102 cm³/mol. The number of carbonyl (C=O) groups is 1. The highest BCUT2D eigenvalue weighted by atomic mass is 79.9. The number of benzene rings is 2. The minimum absolute atomic E-state index is 0.172. The Hall–Kier alpha value is -2.47. The minimum Gasteiger partial charge on any atom is -0.496 e. The highest BCUT2D eigenvalue weighted by Gasteiger charge is 2.16. The summed E-state index contributed by atoms with van der Waals surface area (Å²) in [4.78, 5) is 11.8. The molecule has 0 saturated carbocycles. The molecule has 1 aromatic heterocycles. The smallest absolute Gasteiger partial charge is 0.310 e. The van der Waals surface area contributed by atoms with Crippen LogP contribution in [-0.4, -0.2) is 19.7 Å². The van der Waals surface area contributed by atoms with Crippen molar-refractivity contribution in [3.8, 4) is 11.5 Å². The Balaban J connectivity index is 1.84. The number of ether oxygens (including phenoxy) is 3. The van der Waals surface area contributed by atoms with Gasteiger partial charge in [-0.3, -0.25) is 4.79 Å².